The second-order valence-corrected chi connectivity index (χ2v) is 6.54. The Bertz CT molecular complexity index is 390. The van der Waals surface area contributed by atoms with Gasteiger partial charge in [0.05, 0.1) is 6.61 Å². The van der Waals surface area contributed by atoms with Crippen LogP contribution in [0.2, 0.25) is 0 Å². The fourth-order valence-corrected chi connectivity index (χ4v) is 1.98. The smallest absolute Gasteiger partial charge is 0.123 e. The van der Waals surface area contributed by atoms with Crippen molar-refractivity contribution in [3.05, 3.63) is 29.6 Å². The third-order valence-corrected chi connectivity index (χ3v) is 3.28. The lowest BCUT2D eigenvalue weighted by atomic mass is 10.1. The summed E-state index contributed by atoms with van der Waals surface area (Å²) in [6.07, 6.45) is 3.08. The van der Waals surface area contributed by atoms with Crippen molar-refractivity contribution in [1.29, 1.82) is 0 Å². The molecule has 0 spiro atoms. The number of rotatable bonds is 7. The lowest BCUT2D eigenvalue weighted by Gasteiger charge is -2.21. The van der Waals surface area contributed by atoms with Crippen molar-refractivity contribution in [2.75, 3.05) is 18.6 Å². The minimum atomic E-state index is -0.220. The van der Waals surface area contributed by atoms with Gasteiger partial charge in [0.1, 0.15) is 11.6 Å². The summed E-state index contributed by atoms with van der Waals surface area (Å²) in [5.41, 5.74) is 0.877. The van der Waals surface area contributed by atoms with Gasteiger partial charge in [0.2, 0.25) is 0 Å². The lowest BCUT2D eigenvalue weighted by Crippen LogP contribution is -2.35. The van der Waals surface area contributed by atoms with Crippen molar-refractivity contribution in [2.24, 2.45) is 0 Å². The second-order valence-electron chi connectivity index (χ2n) is 5.55. The highest BCUT2D eigenvalue weighted by Gasteiger charge is 2.11. The molecule has 0 heterocycles. The van der Waals surface area contributed by atoms with Crippen molar-refractivity contribution < 1.29 is 9.13 Å². The zero-order valence-corrected chi connectivity index (χ0v) is 13.1. The number of nitrogens with one attached hydrogen (secondary N) is 1. The summed E-state index contributed by atoms with van der Waals surface area (Å²) in [5, 5.41) is 3.36. The molecule has 1 rings (SSSR count). The molecule has 4 heteroatoms. The first-order chi connectivity index (χ1) is 8.92. The molecule has 0 amide bonds. The van der Waals surface area contributed by atoms with E-state index >= 15 is 0 Å². The van der Waals surface area contributed by atoms with E-state index in [-0.39, 0.29) is 11.4 Å². The van der Waals surface area contributed by atoms with Crippen LogP contribution in [-0.4, -0.2) is 24.2 Å². The first kappa shape index (κ1) is 16.3. The van der Waals surface area contributed by atoms with E-state index in [0.29, 0.717) is 13.2 Å². The van der Waals surface area contributed by atoms with Gasteiger partial charge in [-0.15, -0.1) is 0 Å². The molecule has 1 aromatic rings. The molecule has 0 atom stereocenters. The maximum atomic E-state index is 13.3. The van der Waals surface area contributed by atoms with E-state index in [0.717, 1.165) is 23.5 Å². The highest BCUT2D eigenvalue weighted by Crippen LogP contribution is 2.21. The van der Waals surface area contributed by atoms with Crippen LogP contribution in [-0.2, 0) is 6.54 Å². The van der Waals surface area contributed by atoms with Gasteiger partial charge in [-0.2, -0.15) is 11.8 Å². The van der Waals surface area contributed by atoms with Crippen LogP contribution < -0.4 is 10.1 Å². The Morgan fingerprint density at radius 2 is 2.05 bits per heavy atom. The number of ether oxygens (including phenoxy) is 1. The zero-order valence-electron chi connectivity index (χ0n) is 12.3. The van der Waals surface area contributed by atoms with Crippen LogP contribution in [0.15, 0.2) is 18.2 Å². The Kier molecular flexibility index (Phi) is 6.66. The number of benzene rings is 1. The number of hydrogen-bond acceptors (Lipinski definition) is 3. The molecule has 0 saturated carbocycles. The topological polar surface area (TPSA) is 21.3 Å². The molecule has 0 bridgehead atoms. The molecule has 0 aliphatic carbocycles. The molecule has 0 aliphatic heterocycles. The summed E-state index contributed by atoms with van der Waals surface area (Å²) < 4.78 is 19.1. The van der Waals surface area contributed by atoms with Crippen molar-refractivity contribution in [1.82, 2.24) is 5.32 Å². The molecule has 1 N–H and O–H groups in total. The van der Waals surface area contributed by atoms with E-state index < -0.39 is 0 Å². The van der Waals surface area contributed by atoms with Crippen molar-refractivity contribution in [2.45, 2.75) is 39.3 Å². The molecular weight excluding hydrogens is 261 g/mol. The van der Waals surface area contributed by atoms with Crippen molar-refractivity contribution >= 4 is 11.8 Å². The maximum Gasteiger partial charge on any atom is 0.123 e. The number of halogens is 1. The molecule has 0 saturated heterocycles. The predicted octanol–water partition coefficient (Wildman–Crippen LogP) is 3.85. The highest BCUT2D eigenvalue weighted by atomic mass is 32.2. The van der Waals surface area contributed by atoms with Gasteiger partial charge in [-0.1, -0.05) is 0 Å². The monoisotopic (exact) mass is 285 g/mol. The van der Waals surface area contributed by atoms with Gasteiger partial charge in [-0.05, 0) is 57.4 Å². The van der Waals surface area contributed by atoms with E-state index in [1.807, 2.05) is 0 Å². The average molecular weight is 285 g/mol. The predicted molar refractivity (Wildman–Crippen MR) is 81.5 cm³/mol. The summed E-state index contributed by atoms with van der Waals surface area (Å²) in [5.74, 6) is 1.64. The van der Waals surface area contributed by atoms with E-state index in [1.165, 1.54) is 6.07 Å². The molecule has 0 radical (unpaired) electrons. The van der Waals surface area contributed by atoms with Crippen molar-refractivity contribution in [3.8, 4) is 5.75 Å². The Balaban J connectivity index is 2.63. The van der Waals surface area contributed by atoms with Gasteiger partial charge < -0.3 is 10.1 Å². The Hall–Kier alpha value is -0.740. The third-order valence-electron chi connectivity index (χ3n) is 2.58. The molecule has 108 valence electrons. The minimum Gasteiger partial charge on any atom is -0.493 e. The second kappa shape index (κ2) is 7.75. The van der Waals surface area contributed by atoms with Crippen LogP contribution >= 0.6 is 11.8 Å². The van der Waals surface area contributed by atoms with Crippen LogP contribution in [0.3, 0.4) is 0 Å². The first-order valence-electron chi connectivity index (χ1n) is 6.57. The van der Waals surface area contributed by atoms with Gasteiger partial charge in [-0.3, -0.25) is 0 Å². The molecule has 19 heavy (non-hydrogen) atoms. The fourth-order valence-electron chi connectivity index (χ4n) is 1.57. The molecule has 0 unspecified atom stereocenters. The van der Waals surface area contributed by atoms with Gasteiger partial charge in [0.25, 0.3) is 0 Å². The molecule has 1 aromatic carbocycles. The minimum absolute atomic E-state index is 0.00242. The summed E-state index contributed by atoms with van der Waals surface area (Å²) in [4.78, 5) is 0. The zero-order chi connectivity index (χ0) is 14.3. The maximum absolute atomic E-state index is 13.3. The highest BCUT2D eigenvalue weighted by molar-refractivity contribution is 7.98. The van der Waals surface area contributed by atoms with Crippen LogP contribution in [0.1, 0.15) is 32.8 Å². The van der Waals surface area contributed by atoms with Gasteiger partial charge in [-0.25, -0.2) is 4.39 Å². The fraction of sp³-hybridized carbons (Fsp3) is 0.600. The quantitative estimate of drug-likeness (QED) is 0.769. The standard InChI is InChI=1S/C15H24FNOS/c1-15(2,3)17-11-12-10-13(16)6-7-14(12)18-8-5-9-19-4/h6-7,10,17H,5,8-9,11H2,1-4H3. The summed E-state index contributed by atoms with van der Waals surface area (Å²) in [7, 11) is 0. The Labute approximate surface area is 120 Å². The van der Waals surface area contributed by atoms with Gasteiger partial charge in [0.15, 0.2) is 0 Å². The Morgan fingerprint density at radius 1 is 1.32 bits per heavy atom. The average Bonchev–Trinajstić information content (AvgIpc) is 2.33. The van der Waals surface area contributed by atoms with E-state index in [9.17, 15) is 4.39 Å². The van der Waals surface area contributed by atoms with Gasteiger partial charge >= 0.3 is 0 Å². The summed E-state index contributed by atoms with van der Waals surface area (Å²) in [6.45, 7) is 7.55. The van der Waals surface area contributed by atoms with Crippen LogP contribution in [0.4, 0.5) is 4.39 Å². The molecule has 0 aromatic heterocycles. The van der Waals surface area contributed by atoms with E-state index in [4.69, 9.17) is 4.74 Å². The lowest BCUT2D eigenvalue weighted by molar-refractivity contribution is 0.311. The van der Waals surface area contributed by atoms with Crippen LogP contribution in [0.25, 0.3) is 0 Å². The normalized spacial score (nSPS) is 11.6. The van der Waals surface area contributed by atoms with Crippen LogP contribution in [0.5, 0.6) is 5.75 Å². The van der Waals surface area contributed by atoms with Gasteiger partial charge in [0, 0.05) is 17.6 Å². The molecule has 0 fully saturated rings. The summed E-state index contributed by atoms with van der Waals surface area (Å²) in [6, 6.07) is 4.71. The SMILES string of the molecule is CSCCCOc1ccc(F)cc1CNC(C)(C)C. The molecule has 0 aliphatic rings. The van der Waals surface area contributed by atoms with E-state index in [1.54, 1.807) is 23.9 Å². The molecule has 2 nitrogen and oxygen atoms in total. The third kappa shape index (κ3) is 6.83. The number of thioether (sulfide) groups is 1. The largest absolute Gasteiger partial charge is 0.493 e. The first-order valence-corrected chi connectivity index (χ1v) is 7.97. The van der Waals surface area contributed by atoms with Crippen LogP contribution in [0, 0.1) is 5.82 Å². The van der Waals surface area contributed by atoms with Crippen molar-refractivity contribution in [3.63, 3.8) is 0 Å². The number of hydrogen-bond donors (Lipinski definition) is 1. The molecular formula is C15H24FNOS. The van der Waals surface area contributed by atoms with E-state index in [2.05, 4.69) is 32.3 Å². The summed E-state index contributed by atoms with van der Waals surface area (Å²) >= 11 is 1.80. The Morgan fingerprint density at radius 3 is 2.68 bits per heavy atom.